The number of fused-ring (bicyclic) bond motifs is 1. The third-order valence-corrected chi connectivity index (χ3v) is 3.60. The van der Waals surface area contributed by atoms with E-state index in [1.54, 1.807) is 13.2 Å². The number of phenolic OH excluding ortho intramolecular Hbond substituents is 1. The standard InChI is InChI=1S/C17H19NO4.ClH/c1-20-16-9-13(2-4-14(16)19)10-18-7-6-12-3-5-15-17(8-12)22-11-21-15;/h2-5,8-9,18-19H,6-7,10-11H2,1H3;1H/p-1. The first kappa shape index (κ1) is 17.2. The Labute approximate surface area is 141 Å². The number of halogens is 1. The molecule has 0 aliphatic carbocycles. The Morgan fingerprint density at radius 1 is 1.09 bits per heavy atom. The van der Waals surface area contributed by atoms with Crippen LogP contribution in [0.15, 0.2) is 36.4 Å². The van der Waals surface area contributed by atoms with Crippen molar-refractivity contribution < 1.29 is 31.7 Å². The minimum Gasteiger partial charge on any atom is -1.00 e. The topological polar surface area (TPSA) is 60.0 Å². The highest BCUT2D eigenvalue weighted by Crippen LogP contribution is 2.32. The quantitative estimate of drug-likeness (QED) is 0.694. The van der Waals surface area contributed by atoms with Crippen molar-refractivity contribution in [1.82, 2.24) is 5.32 Å². The molecule has 0 bridgehead atoms. The minimum atomic E-state index is 0. The molecule has 0 saturated carbocycles. The van der Waals surface area contributed by atoms with Gasteiger partial charge in [0, 0.05) is 6.54 Å². The maximum atomic E-state index is 9.56. The number of nitrogens with one attached hydrogen (secondary N) is 1. The smallest absolute Gasteiger partial charge is 0.231 e. The highest BCUT2D eigenvalue weighted by molar-refractivity contribution is 5.44. The maximum Gasteiger partial charge on any atom is 0.231 e. The zero-order valence-corrected chi connectivity index (χ0v) is 13.6. The van der Waals surface area contributed by atoms with Crippen LogP contribution in [0.3, 0.4) is 0 Å². The lowest BCUT2D eigenvalue weighted by atomic mass is 10.1. The molecule has 2 N–H and O–H groups in total. The summed E-state index contributed by atoms with van der Waals surface area (Å²) in [4.78, 5) is 0. The lowest BCUT2D eigenvalue weighted by molar-refractivity contribution is -0.00000722. The third-order valence-electron chi connectivity index (χ3n) is 3.60. The Bertz CT molecular complexity index is 650. The second-order valence-corrected chi connectivity index (χ2v) is 5.12. The Kier molecular flexibility index (Phi) is 5.96. The highest BCUT2D eigenvalue weighted by atomic mass is 35.5. The van der Waals surface area contributed by atoms with Gasteiger partial charge in [0.2, 0.25) is 6.79 Å². The first-order valence-corrected chi connectivity index (χ1v) is 7.21. The second kappa shape index (κ2) is 7.94. The summed E-state index contributed by atoms with van der Waals surface area (Å²) in [6.07, 6.45) is 0.909. The average Bonchev–Trinajstić information content (AvgIpc) is 3.00. The van der Waals surface area contributed by atoms with Gasteiger partial charge in [-0.15, -0.1) is 0 Å². The van der Waals surface area contributed by atoms with Gasteiger partial charge in [0.25, 0.3) is 0 Å². The Morgan fingerprint density at radius 2 is 1.87 bits per heavy atom. The van der Waals surface area contributed by atoms with Crippen molar-refractivity contribution in [1.29, 1.82) is 0 Å². The fourth-order valence-corrected chi connectivity index (χ4v) is 2.39. The SMILES string of the molecule is COc1cc(CNCCc2ccc3c(c2)OCO3)ccc1O.[Cl-]. The van der Waals surface area contributed by atoms with E-state index in [1.807, 2.05) is 24.3 Å². The molecule has 0 saturated heterocycles. The lowest BCUT2D eigenvalue weighted by Gasteiger charge is -2.08. The predicted molar refractivity (Wildman–Crippen MR) is 82.6 cm³/mol. The molecule has 1 aliphatic heterocycles. The normalized spacial score (nSPS) is 11.9. The molecule has 124 valence electrons. The van der Waals surface area contributed by atoms with Crippen LogP contribution >= 0.6 is 0 Å². The molecule has 6 heteroatoms. The van der Waals surface area contributed by atoms with Crippen LogP contribution in [0.25, 0.3) is 0 Å². The van der Waals surface area contributed by atoms with Gasteiger partial charge in [0.05, 0.1) is 7.11 Å². The van der Waals surface area contributed by atoms with Crippen molar-refractivity contribution in [3.8, 4) is 23.0 Å². The average molecular weight is 337 g/mol. The van der Waals surface area contributed by atoms with E-state index in [1.165, 1.54) is 5.56 Å². The van der Waals surface area contributed by atoms with Crippen molar-refractivity contribution in [2.45, 2.75) is 13.0 Å². The van der Waals surface area contributed by atoms with Gasteiger partial charge in [0.1, 0.15) is 0 Å². The van der Waals surface area contributed by atoms with Gasteiger partial charge in [-0.05, 0) is 48.4 Å². The van der Waals surface area contributed by atoms with Gasteiger partial charge >= 0.3 is 0 Å². The van der Waals surface area contributed by atoms with E-state index < -0.39 is 0 Å². The number of methoxy groups -OCH3 is 1. The van der Waals surface area contributed by atoms with Gasteiger partial charge in [0.15, 0.2) is 23.0 Å². The highest BCUT2D eigenvalue weighted by Gasteiger charge is 2.12. The zero-order valence-electron chi connectivity index (χ0n) is 12.8. The number of rotatable bonds is 6. The zero-order chi connectivity index (χ0) is 15.4. The number of aromatic hydroxyl groups is 1. The summed E-state index contributed by atoms with van der Waals surface area (Å²) in [5, 5.41) is 12.9. The first-order chi connectivity index (χ1) is 10.8. The van der Waals surface area contributed by atoms with E-state index >= 15 is 0 Å². The second-order valence-electron chi connectivity index (χ2n) is 5.12. The predicted octanol–water partition coefficient (Wildman–Crippen LogP) is -0.534. The van der Waals surface area contributed by atoms with Crippen molar-refractivity contribution in [2.75, 3.05) is 20.4 Å². The molecule has 0 fully saturated rings. The van der Waals surface area contributed by atoms with Crippen LogP contribution < -0.4 is 31.9 Å². The van der Waals surface area contributed by atoms with Crippen LogP contribution in [0.5, 0.6) is 23.0 Å². The maximum absolute atomic E-state index is 9.56. The van der Waals surface area contributed by atoms with Crippen LogP contribution in [0.4, 0.5) is 0 Å². The summed E-state index contributed by atoms with van der Waals surface area (Å²) in [7, 11) is 1.55. The van der Waals surface area contributed by atoms with Crippen molar-refractivity contribution in [3.05, 3.63) is 47.5 Å². The number of phenols is 1. The number of ether oxygens (including phenoxy) is 3. The van der Waals surface area contributed by atoms with E-state index in [0.29, 0.717) is 12.5 Å². The largest absolute Gasteiger partial charge is 1.00 e. The number of hydrogen-bond donors (Lipinski definition) is 2. The number of benzene rings is 2. The molecule has 2 aromatic carbocycles. The van der Waals surface area contributed by atoms with E-state index in [0.717, 1.165) is 36.6 Å². The van der Waals surface area contributed by atoms with Gasteiger partial charge in [-0.3, -0.25) is 0 Å². The molecule has 0 amide bonds. The fourth-order valence-electron chi connectivity index (χ4n) is 2.39. The van der Waals surface area contributed by atoms with Crippen LogP contribution in [0.2, 0.25) is 0 Å². The van der Waals surface area contributed by atoms with Crippen molar-refractivity contribution in [2.24, 2.45) is 0 Å². The van der Waals surface area contributed by atoms with Gasteiger partial charge in [-0.2, -0.15) is 0 Å². The van der Waals surface area contributed by atoms with E-state index in [-0.39, 0.29) is 18.2 Å². The Morgan fingerprint density at radius 3 is 2.70 bits per heavy atom. The molecule has 2 aromatic rings. The summed E-state index contributed by atoms with van der Waals surface area (Å²) in [5.74, 6) is 2.29. The molecule has 1 aliphatic rings. The van der Waals surface area contributed by atoms with Crippen LogP contribution in [-0.2, 0) is 13.0 Å². The fraction of sp³-hybridized carbons (Fsp3) is 0.294. The first-order valence-electron chi connectivity index (χ1n) is 7.21. The summed E-state index contributed by atoms with van der Waals surface area (Å²) in [6.45, 7) is 1.88. The van der Waals surface area contributed by atoms with Crippen molar-refractivity contribution >= 4 is 0 Å². The Balaban J connectivity index is 0.00000192. The van der Waals surface area contributed by atoms with Gasteiger partial charge < -0.3 is 37.0 Å². The molecule has 0 atom stereocenters. The van der Waals surface area contributed by atoms with E-state index in [4.69, 9.17) is 14.2 Å². The van der Waals surface area contributed by atoms with E-state index in [9.17, 15) is 5.11 Å². The summed E-state index contributed by atoms with van der Waals surface area (Å²) in [6, 6.07) is 11.4. The summed E-state index contributed by atoms with van der Waals surface area (Å²) >= 11 is 0. The molecule has 3 rings (SSSR count). The molecule has 5 nitrogen and oxygen atoms in total. The monoisotopic (exact) mass is 336 g/mol. The van der Waals surface area contributed by atoms with E-state index in [2.05, 4.69) is 11.4 Å². The molecule has 1 heterocycles. The van der Waals surface area contributed by atoms with Crippen LogP contribution in [0.1, 0.15) is 11.1 Å². The lowest BCUT2D eigenvalue weighted by Crippen LogP contribution is -3.00. The van der Waals surface area contributed by atoms with Crippen molar-refractivity contribution in [3.63, 3.8) is 0 Å². The molecule has 0 unspecified atom stereocenters. The molecule has 0 spiro atoms. The molecule has 0 radical (unpaired) electrons. The molecular formula is C17H19ClNO4-. The minimum absolute atomic E-state index is 0. The summed E-state index contributed by atoms with van der Waals surface area (Å²) < 4.78 is 15.8. The molecule has 0 aromatic heterocycles. The van der Waals surface area contributed by atoms with Crippen LogP contribution in [0, 0.1) is 0 Å². The number of hydrogen-bond acceptors (Lipinski definition) is 5. The van der Waals surface area contributed by atoms with Gasteiger partial charge in [-0.1, -0.05) is 12.1 Å². The molecule has 23 heavy (non-hydrogen) atoms. The Hall–Kier alpha value is -2.11. The third kappa shape index (κ3) is 4.21. The summed E-state index contributed by atoms with van der Waals surface area (Å²) in [5.41, 5.74) is 2.28. The van der Waals surface area contributed by atoms with Gasteiger partial charge in [-0.25, -0.2) is 0 Å². The van der Waals surface area contributed by atoms with Crippen LogP contribution in [-0.4, -0.2) is 25.6 Å². The molecular weight excluding hydrogens is 318 g/mol.